The Morgan fingerprint density at radius 1 is 1.40 bits per heavy atom. The Labute approximate surface area is 140 Å². The third-order valence-corrected chi connectivity index (χ3v) is 3.38. The number of rotatable bonds is 6. The van der Waals surface area contributed by atoms with Crippen molar-refractivity contribution < 1.29 is 0 Å². The fourth-order valence-electron chi connectivity index (χ4n) is 2.27. The molecule has 0 aliphatic carbocycles. The van der Waals surface area contributed by atoms with E-state index < -0.39 is 0 Å². The van der Waals surface area contributed by atoms with Crippen LogP contribution in [-0.2, 0) is 0 Å². The van der Waals surface area contributed by atoms with Gasteiger partial charge in [0.25, 0.3) is 0 Å². The van der Waals surface area contributed by atoms with E-state index >= 15 is 0 Å². The number of nitrogens with zero attached hydrogens (tertiary/aromatic N) is 2. The summed E-state index contributed by atoms with van der Waals surface area (Å²) in [6.07, 6.45) is 9.60. The predicted molar refractivity (Wildman–Crippen MR) is 99.0 cm³/mol. The molecule has 4 nitrogen and oxygen atoms in total. The highest BCUT2D eigenvalue weighted by Gasteiger charge is 2.18. The number of nitrogens with one attached hydrogen (secondary N) is 2. The van der Waals surface area contributed by atoms with Crippen molar-refractivity contribution >= 4 is 29.9 Å². The van der Waals surface area contributed by atoms with Gasteiger partial charge >= 0.3 is 0 Å². The Bertz CT molecular complexity index is 307. The molecule has 0 spiro atoms. The summed E-state index contributed by atoms with van der Waals surface area (Å²) >= 11 is 0. The van der Waals surface area contributed by atoms with Crippen LogP contribution in [0.3, 0.4) is 0 Å². The lowest BCUT2D eigenvalue weighted by atomic mass is 10.1. The number of guanidine groups is 1. The van der Waals surface area contributed by atoms with E-state index in [1.54, 1.807) is 0 Å². The van der Waals surface area contributed by atoms with Crippen LogP contribution in [0.2, 0.25) is 0 Å². The van der Waals surface area contributed by atoms with Crippen LogP contribution in [0.15, 0.2) is 29.8 Å². The molecule has 1 saturated heterocycles. The van der Waals surface area contributed by atoms with Crippen LogP contribution in [0, 0.1) is 0 Å². The summed E-state index contributed by atoms with van der Waals surface area (Å²) in [6, 6.07) is 0.536. The van der Waals surface area contributed by atoms with Crippen LogP contribution >= 0.6 is 24.0 Å². The van der Waals surface area contributed by atoms with Gasteiger partial charge in [-0.15, -0.1) is 30.6 Å². The molecule has 0 unspecified atom stereocenters. The normalized spacial score (nSPS) is 17.8. The van der Waals surface area contributed by atoms with E-state index in [1.807, 2.05) is 20.0 Å². The van der Waals surface area contributed by atoms with Crippen molar-refractivity contribution in [2.45, 2.75) is 32.2 Å². The lowest BCUT2D eigenvalue weighted by molar-refractivity contribution is 0.225. The van der Waals surface area contributed by atoms with Gasteiger partial charge in [0, 0.05) is 39.3 Å². The smallest absolute Gasteiger partial charge is 0.191 e. The molecule has 0 aromatic rings. The SMILES string of the molecule is C=CCN1CCC(NC(=NC)NCCC=CC)CC1.I. The zero-order valence-electron chi connectivity index (χ0n) is 12.8. The second kappa shape index (κ2) is 12.2. The summed E-state index contributed by atoms with van der Waals surface area (Å²) in [5.41, 5.74) is 0. The van der Waals surface area contributed by atoms with E-state index in [4.69, 9.17) is 0 Å². The van der Waals surface area contributed by atoms with Crippen LogP contribution in [-0.4, -0.2) is 50.1 Å². The zero-order valence-corrected chi connectivity index (χ0v) is 15.1. The minimum Gasteiger partial charge on any atom is -0.356 e. The summed E-state index contributed by atoms with van der Waals surface area (Å²) in [5.74, 6) is 0.923. The molecule has 1 fully saturated rings. The monoisotopic (exact) mass is 392 g/mol. The van der Waals surface area contributed by atoms with Gasteiger partial charge < -0.3 is 10.6 Å². The number of halogens is 1. The Kier molecular flexibility index (Phi) is 11.9. The summed E-state index contributed by atoms with van der Waals surface area (Å²) in [5, 5.41) is 6.85. The largest absolute Gasteiger partial charge is 0.356 e. The van der Waals surface area contributed by atoms with Gasteiger partial charge in [-0.1, -0.05) is 18.2 Å². The molecule has 0 aromatic heterocycles. The maximum Gasteiger partial charge on any atom is 0.191 e. The van der Waals surface area contributed by atoms with E-state index in [0.29, 0.717) is 6.04 Å². The van der Waals surface area contributed by atoms with Crippen LogP contribution in [0.1, 0.15) is 26.2 Å². The molecule has 0 radical (unpaired) electrons. The van der Waals surface area contributed by atoms with Gasteiger partial charge in [0.1, 0.15) is 0 Å². The van der Waals surface area contributed by atoms with E-state index in [1.165, 1.54) is 12.8 Å². The maximum atomic E-state index is 4.28. The van der Waals surface area contributed by atoms with Gasteiger partial charge in [-0.3, -0.25) is 9.89 Å². The van der Waals surface area contributed by atoms with Crippen molar-refractivity contribution in [2.75, 3.05) is 33.2 Å². The first-order valence-corrected chi connectivity index (χ1v) is 7.21. The van der Waals surface area contributed by atoms with Crippen molar-refractivity contribution in [2.24, 2.45) is 4.99 Å². The highest BCUT2D eigenvalue weighted by molar-refractivity contribution is 14.0. The molecule has 1 rings (SSSR count). The summed E-state index contributed by atoms with van der Waals surface area (Å²) < 4.78 is 0. The molecule has 0 atom stereocenters. The Morgan fingerprint density at radius 2 is 2.10 bits per heavy atom. The van der Waals surface area contributed by atoms with Crippen LogP contribution < -0.4 is 10.6 Å². The molecular formula is C15H29IN4. The minimum atomic E-state index is 0. The molecular weight excluding hydrogens is 363 g/mol. The summed E-state index contributed by atoms with van der Waals surface area (Å²) in [6.45, 7) is 10.0. The third kappa shape index (κ3) is 7.89. The molecule has 1 heterocycles. The van der Waals surface area contributed by atoms with Gasteiger partial charge in [-0.05, 0) is 26.2 Å². The van der Waals surface area contributed by atoms with Gasteiger partial charge in [-0.2, -0.15) is 0 Å². The Morgan fingerprint density at radius 3 is 2.65 bits per heavy atom. The maximum absolute atomic E-state index is 4.28. The van der Waals surface area contributed by atoms with Gasteiger partial charge in [0.2, 0.25) is 0 Å². The van der Waals surface area contributed by atoms with Gasteiger partial charge in [0.15, 0.2) is 5.96 Å². The van der Waals surface area contributed by atoms with Crippen LogP contribution in [0.5, 0.6) is 0 Å². The first kappa shape index (κ1) is 19.4. The van der Waals surface area contributed by atoms with Crippen molar-refractivity contribution in [3.8, 4) is 0 Å². The van der Waals surface area contributed by atoms with Crippen LogP contribution in [0.25, 0.3) is 0 Å². The molecule has 5 heteroatoms. The molecule has 1 aliphatic rings. The summed E-state index contributed by atoms with van der Waals surface area (Å²) in [7, 11) is 1.83. The molecule has 0 saturated carbocycles. The highest BCUT2D eigenvalue weighted by Crippen LogP contribution is 2.09. The fraction of sp³-hybridized carbons (Fsp3) is 0.667. The Hall–Kier alpha value is -0.560. The van der Waals surface area contributed by atoms with E-state index in [0.717, 1.165) is 38.6 Å². The van der Waals surface area contributed by atoms with Crippen molar-refractivity contribution in [1.29, 1.82) is 0 Å². The molecule has 116 valence electrons. The summed E-state index contributed by atoms with van der Waals surface area (Å²) in [4.78, 5) is 6.71. The van der Waals surface area contributed by atoms with Crippen LogP contribution in [0.4, 0.5) is 0 Å². The fourth-order valence-corrected chi connectivity index (χ4v) is 2.27. The number of aliphatic imine (C=N–C) groups is 1. The second-order valence-corrected chi connectivity index (χ2v) is 4.86. The molecule has 20 heavy (non-hydrogen) atoms. The highest BCUT2D eigenvalue weighted by atomic mass is 127. The molecule has 0 aromatic carbocycles. The average Bonchev–Trinajstić information content (AvgIpc) is 2.44. The van der Waals surface area contributed by atoms with Crippen molar-refractivity contribution in [3.05, 3.63) is 24.8 Å². The van der Waals surface area contributed by atoms with E-state index in [-0.39, 0.29) is 24.0 Å². The second-order valence-electron chi connectivity index (χ2n) is 4.86. The van der Waals surface area contributed by atoms with E-state index in [9.17, 15) is 0 Å². The molecule has 2 N–H and O–H groups in total. The number of piperidine rings is 1. The molecule has 0 amide bonds. The average molecular weight is 392 g/mol. The lowest BCUT2D eigenvalue weighted by Gasteiger charge is -2.32. The predicted octanol–water partition coefficient (Wildman–Crippen LogP) is 2.39. The topological polar surface area (TPSA) is 39.7 Å². The number of hydrogen-bond donors (Lipinski definition) is 2. The van der Waals surface area contributed by atoms with Gasteiger partial charge in [-0.25, -0.2) is 0 Å². The molecule has 1 aliphatic heterocycles. The first-order valence-electron chi connectivity index (χ1n) is 7.21. The van der Waals surface area contributed by atoms with Crippen molar-refractivity contribution in [3.63, 3.8) is 0 Å². The zero-order chi connectivity index (χ0) is 13.9. The van der Waals surface area contributed by atoms with Gasteiger partial charge in [0.05, 0.1) is 0 Å². The minimum absolute atomic E-state index is 0. The standard InChI is InChI=1S/C15H28N4.HI/c1-4-6-7-10-17-15(16-3)18-14-8-12-19(11-5-2)13-9-14;/h4-6,14H,2,7-13H2,1,3H3,(H2,16,17,18);1H. The lowest BCUT2D eigenvalue weighted by Crippen LogP contribution is -2.48. The number of likely N-dealkylation sites (tertiary alicyclic amines) is 1. The number of hydrogen-bond acceptors (Lipinski definition) is 2. The Balaban J connectivity index is 0.00000361. The third-order valence-electron chi connectivity index (χ3n) is 3.38. The molecule has 0 bridgehead atoms. The quantitative estimate of drug-likeness (QED) is 0.240. The van der Waals surface area contributed by atoms with E-state index in [2.05, 4.69) is 39.3 Å². The first-order chi connectivity index (χ1) is 9.30. The number of allylic oxidation sites excluding steroid dienone is 1. The van der Waals surface area contributed by atoms with Crippen molar-refractivity contribution in [1.82, 2.24) is 15.5 Å².